The van der Waals surface area contributed by atoms with Crippen LogP contribution in [0.2, 0.25) is 0 Å². The van der Waals surface area contributed by atoms with Gasteiger partial charge >= 0.3 is 5.97 Å². The van der Waals surface area contributed by atoms with Crippen molar-refractivity contribution < 1.29 is 37.7 Å². The normalized spacial score (nSPS) is 11.1. The topological polar surface area (TPSA) is 153 Å². The molecule has 0 spiro atoms. The minimum Gasteiger partial charge on any atom is -0.507 e. The molecule has 0 aromatic heterocycles. The van der Waals surface area contributed by atoms with Gasteiger partial charge in [0.2, 0.25) is 0 Å². The highest BCUT2D eigenvalue weighted by Crippen LogP contribution is 2.30. The Kier molecular flexibility index (Phi) is 6.81. The maximum absolute atomic E-state index is 13.1. The number of carbonyl (C=O) groups excluding carboxylic acids is 1. The number of phenols is 2. The standard InChI is InChI=1S/C26H19FN2O7S/c27-18-6-9-20(10-7-18)37(35,36)29-22-14-19(8-12-23(22)30)28-25(32)16-3-1-15(2-4-16)17-5-11-21(26(33)34)24(31)13-17/h1-14,29-31H,(H,28,32)(H,33,34). The largest absolute Gasteiger partial charge is 0.507 e. The molecule has 188 valence electrons. The number of anilines is 2. The second-order valence-electron chi connectivity index (χ2n) is 7.86. The Hall–Kier alpha value is -4.90. The average molecular weight is 523 g/mol. The van der Waals surface area contributed by atoms with E-state index >= 15 is 0 Å². The van der Waals surface area contributed by atoms with Crippen molar-refractivity contribution >= 4 is 33.3 Å². The maximum atomic E-state index is 13.1. The number of aromatic hydroxyl groups is 2. The summed E-state index contributed by atoms with van der Waals surface area (Å²) >= 11 is 0. The lowest BCUT2D eigenvalue weighted by atomic mass is 10.0. The van der Waals surface area contributed by atoms with Crippen molar-refractivity contribution in [2.45, 2.75) is 4.90 Å². The molecule has 0 atom stereocenters. The summed E-state index contributed by atoms with van der Waals surface area (Å²) in [6.45, 7) is 0. The van der Waals surface area contributed by atoms with Gasteiger partial charge < -0.3 is 20.6 Å². The molecule has 4 aromatic rings. The summed E-state index contributed by atoms with van der Waals surface area (Å²) in [5.74, 6) is -3.14. The third kappa shape index (κ3) is 5.68. The van der Waals surface area contributed by atoms with Gasteiger partial charge in [-0.3, -0.25) is 9.52 Å². The summed E-state index contributed by atoms with van der Waals surface area (Å²) in [6.07, 6.45) is 0. The molecule has 4 rings (SSSR count). The number of sulfonamides is 1. The van der Waals surface area contributed by atoms with Gasteiger partial charge in [-0.1, -0.05) is 18.2 Å². The molecule has 0 aliphatic rings. The van der Waals surface area contributed by atoms with Crippen LogP contribution in [0.25, 0.3) is 11.1 Å². The number of hydrogen-bond donors (Lipinski definition) is 5. The summed E-state index contributed by atoms with van der Waals surface area (Å²) in [7, 11) is -4.13. The first kappa shape index (κ1) is 25.2. The van der Waals surface area contributed by atoms with Crippen LogP contribution in [0.15, 0.2) is 89.8 Å². The number of phenolic OH excluding ortho intramolecular Hbond substituents is 1. The smallest absolute Gasteiger partial charge is 0.339 e. The average Bonchev–Trinajstić information content (AvgIpc) is 2.86. The lowest BCUT2D eigenvalue weighted by Crippen LogP contribution is -2.14. The Balaban J connectivity index is 1.50. The zero-order valence-electron chi connectivity index (χ0n) is 18.8. The molecule has 0 aliphatic carbocycles. The fourth-order valence-electron chi connectivity index (χ4n) is 3.42. The van der Waals surface area contributed by atoms with E-state index in [0.29, 0.717) is 11.1 Å². The number of amides is 1. The highest BCUT2D eigenvalue weighted by molar-refractivity contribution is 7.92. The van der Waals surface area contributed by atoms with E-state index in [-0.39, 0.29) is 38.9 Å². The Morgan fingerprint density at radius 2 is 1.41 bits per heavy atom. The van der Waals surface area contributed by atoms with Gasteiger partial charge in [-0.25, -0.2) is 17.6 Å². The Morgan fingerprint density at radius 1 is 0.757 bits per heavy atom. The molecule has 0 fully saturated rings. The van der Waals surface area contributed by atoms with Crippen molar-refractivity contribution in [1.29, 1.82) is 0 Å². The zero-order chi connectivity index (χ0) is 26.7. The molecule has 0 aliphatic heterocycles. The zero-order valence-corrected chi connectivity index (χ0v) is 19.7. The highest BCUT2D eigenvalue weighted by Gasteiger charge is 2.17. The predicted octanol–water partition coefficient (Wildman–Crippen LogP) is 4.66. The van der Waals surface area contributed by atoms with E-state index in [1.54, 1.807) is 12.1 Å². The van der Waals surface area contributed by atoms with E-state index in [0.717, 1.165) is 24.3 Å². The molecule has 9 nitrogen and oxygen atoms in total. The molecule has 0 heterocycles. The van der Waals surface area contributed by atoms with E-state index in [9.17, 15) is 32.6 Å². The van der Waals surface area contributed by atoms with Crippen LogP contribution < -0.4 is 10.0 Å². The third-order valence-electron chi connectivity index (χ3n) is 5.33. The van der Waals surface area contributed by atoms with Crippen LogP contribution in [-0.2, 0) is 10.0 Å². The van der Waals surface area contributed by atoms with Crippen molar-refractivity contribution in [1.82, 2.24) is 0 Å². The second-order valence-corrected chi connectivity index (χ2v) is 9.54. The van der Waals surface area contributed by atoms with E-state index in [2.05, 4.69) is 10.0 Å². The Bertz CT molecular complexity index is 1600. The minimum absolute atomic E-state index is 0.192. The molecule has 11 heteroatoms. The Morgan fingerprint density at radius 3 is 2.03 bits per heavy atom. The summed E-state index contributed by atoms with van der Waals surface area (Å²) in [4.78, 5) is 23.6. The fraction of sp³-hybridized carbons (Fsp3) is 0. The van der Waals surface area contributed by atoms with E-state index in [1.807, 2.05) is 0 Å². The third-order valence-corrected chi connectivity index (χ3v) is 6.71. The van der Waals surface area contributed by atoms with Gasteiger partial charge in [0.05, 0.1) is 10.6 Å². The molecule has 0 unspecified atom stereocenters. The predicted molar refractivity (Wildman–Crippen MR) is 134 cm³/mol. The van der Waals surface area contributed by atoms with Crippen molar-refractivity contribution in [3.63, 3.8) is 0 Å². The first-order valence-corrected chi connectivity index (χ1v) is 12.1. The summed E-state index contributed by atoms with van der Waals surface area (Å²) in [5.41, 5.74) is 1.21. The molecule has 5 N–H and O–H groups in total. The van der Waals surface area contributed by atoms with E-state index in [1.165, 1.54) is 48.5 Å². The lowest BCUT2D eigenvalue weighted by Gasteiger charge is -2.12. The first-order valence-electron chi connectivity index (χ1n) is 10.6. The number of aromatic carboxylic acids is 1. The van der Waals surface area contributed by atoms with Gasteiger partial charge in [-0.2, -0.15) is 0 Å². The molecule has 1 amide bonds. The summed E-state index contributed by atoms with van der Waals surface area (Å²) in [5, 5.41) is 31.6. The van der Waals surface area contributed by atoms with E-state index in [4.69, 9.17) is 5.11 Å². The van der Waals surface area contributed by atoms with Gasteiger partial charge in [0.25, 0.3) is 15.9 Å². The van der Waals surface area contributed by atoms with Crippen LogP contribution >= 0.6 is 0 Å². The van der Waals surface area contributed by atoms with Gasteiger partial charge in [-0.15, -0.1) is 0 Å². The van der Waals surface area contributed by atoms with Gasteiger partial charge in [0.15, 0.2) is 0 Å². The van der Waals surface area contributed by atoms with Crippen LogP contribution in [0.3, 0.4) is 0 Å². The lowest BCUT2D eigenvalue weighted by molar-refractivity contribution is 0.0693. The molecular weight excluding hydrogens is 503 g/mol. The molecule has 0 radical (unpaired) electrons. The van der Waals surface area contributed by atoms with Crippen LogP contribution in [0, 0.1) is 5.82 Å². The molecule has 0 saturated heterocycles. The monoisotopic (exact) mass is 522 g/mol. The highest BCUT2D eigenvalue weighted by atomic mass is 32.2. The second kappa shape index (κ2) is 9.99. The van der Waals surface area contributed by atoms with Crippen LogP contribution in [0.5, 0.6) is 11.5 Å². The van der Waals surface area contributed by atoms with Crippen LogP contribution in [-0.4, -0.2) is 35.6 Å². The van der Waals surface area contributed by atoms with Crippen molar-refractivity contribution in [2.75, 3.05) is 10.0 Å². The number of rotatable bonds is 7. The number of nitrogens with one attached hydrogen (secondary N) is 2. The number of hydrogen-bond acceptors (Lipinski definition) is 6. The Labute approximate surface area is 210 Å². The molecule has 4 aromatic carbocycles. The molecule has 0 bridgehead atoms. The minimum atomic E-state index is -4.13. The van der Waals surface area contributed by atoms with Gasteiger partial charge in [-0.05, 0) is 77.9 Å². The van der Waals surface area contributed by atoms with Crippen molar-refractivity contribution in [3.05, 3.63) is 102 Å². The number of halogens is 1. The number of carbonyl (C=O) groups is 2. The molecule has 0 saturated carbocycles. The number of carboxylic acids is 1. The number of benzene rings is 4. The van der Waals surface area contributed by atoms with Gasteiger partial charge in [0.1, 0.15) is 22.9 Å². The number of carboxylic acid groups (broad SMARTS) is 1. The van der Waals surface area contributed by atoms with Gasteiger partial charge in [0, 0.05) is 11.3 Å². The summed E-state index contributed by atoms with van der Waals surface area (Å²) in [6, 6.07) is 18.3. The SMILES string of the molecule is O=C(Nc1ccc(O)c(NS(=O)(=O)c2ccc(F)cc2)c1)c1ccc(-c2ccc(C(=O)O)c(O)c2)cc1. The van der Waals surface area contributed by atoms with E-state index < -0.39 is 27.7 Å². The fourth-order valence-corrected chi connectivity index (χ4v) is 4.49. The molecule has 37 heavy (non-hydrogen) atoms. The first-order chi connectivity index (χ1) is 17.5. The van der Waals surface area contributed by atoms with Crippen molar-refractivity contribution in [2.24, 2.45) is 0 Å². The van der Waals surface area contributed by atoms with Crippen LogP contribution in [0.1, 0.15) is 20.7 Å². The summed E-state index contributed by atoms with van der Waals surface area (Å²) < 4.78 is 40.5. The van der Waals surface area contributed by atoms with Crippen molar-refractivity contribution in [3.8, 4) is 22.6 Å². The maximum Gasteiger partial charge on any atom is 0.339 e. The quantitative estimate of drug-likeness (QED) is 0.175. The van der Waals surface area contributed by atoms with Crippen LogP contribution in [0.4, 0.5) is 15.8 Å². The molecular formula is C26H19FN2O7S.